The van der Waals surface area contributed by atoms with Gasteiger partial charge in [-0.1, -0.05) is 12.1 Å². The van der Waals surface area contributed by atoms with Crippen LogP contribution in [-0.4, -0.2) is 11.2 Å². The Bertz CT molecular complexity index is 429. The lowest BCUT2D eigenvalue weighted by Gasteiger charge is -2.18. The number of amides is 1. The molecule has 1 aromatic carbocycles. The molecule has 0 heterocycles. The second kappa shape index (κ2) is 4.65. The Morgan fingerprint density at radius 3 is 2.47 bits per heavy atom. The number of alkyl halides is 3. The molecule has 0 fully saturated rings. The van der Waals surface area contributed by atoms with Gasteiger partial charge in [-0.3, -0.25) is 0 Å². The lowest BCUT2D eigenvalue weighted by Crippen LogP contribution is -2.25. The fraction of sp³-hybridized carbons (Fsp3) is 0.364. The van der Waals surface area contributed by atoms with Crippen molar-refractivity contribution in [3.8, 4) is 0 Å². The van der Waals surface area contributed by atoms with E-state index in [-0.39, 0.29) is 5.56 Å². The van der Waals surface area contributed by atoms with Crippen LogP contribution >= 0.6 is 0 Å². The van der Waals surface area contributed by atoms with E-state index in [0.717, 1.165) is 6.07 Å². The minimum absolute atomic E-state index is 0.0428. The second-order valence-corrected chi connectivity index (χ2v) is 3.69. The number of nitrogens with one attached hydrogen (secondary N) is 1. The van der Waals surface area contributed by atoms with E-state index < -0.39 is 23.9 Å². The van der Waals surface area contributed by atoms with Gasteiger partial charge in [0.15, 0.2) is 0 Å². The SMILES string of the molecule is Cc1c(C(C)NC(=O)O)cccc1C(F)(F)F. The van der Waals surface area contributed by atoms with Gasteiger partial charge >= 0.3 is 12.3 Å². The highest BCUT2D eigenvalue weighted by atomic mass is 19.4. The summed E-state index contributed by atoms with van der Waals surface area (Å²) in [5.74, 6) is 0. The second-order valence-electron chi connectivity index (χ2n) is 3.69. The molecule has 0 radical (unpaired) electrons. The molecule has 0 aliphatic rings. The van der Waals surface area contributed by atoms with Crippen LogP contribution < -0.4 is 5.32 Å². The quantitative estimate of drug-likeness (QED) is 0.842. The third-order valence-electron chi connectivity index (χ3n) is 2.49. The Morgan fingerprint density at radius 2 is 2.00 bits per heavy atom. The normalized spacial score (nSPS) is 13.2. The van der Waals surface area contributed by atoms with Crippen LogP contribution in [0.15, 0.2) is 18.2 Å². The van der Waals surface area contributed by atoms with Crippen molar-refractivity contribution in [3.63, 3.8) is 0 Å². The van der Waals surface area contributed by atoms with E-state index in [4.69, 9.17) is 5.11 Å². The zero-order valence-corrected chi connectivity index (χ0v) is 9.30. The largest absolute Gasteiger partial charge is 0.465 e. The summed E-state index contributed by atoms with van der Waals surface area (Å²) in [7, 11) is 0. The van der Waals surface area contributed by atoms with Gasteiger partial charge in [-0.15, -0.1) is 0 Å². The average molecular weight is 247 g/mol. The summed E-state index contributed by atoms with van der Waals surface area (Å²) in [6.45, 7) is 2.83. The number of carbonyl (C=O) groups is 1. The highest BCUT2D eigenvalue weighted by Crippen LogP contribution is 2.34. The van der Waals surface area contributed by atoms with E-state index in [1.165, 1.54) is 26.0 Å². The highest BCUT2D eigenvalue weighted by Gasteiger charge is 2.33. The maximum Gasteiger partial charge on any atom is 0.416 e. The summed E-state index contributed by atoms with van der Waals surface area (Å²) >= 11 is 0. The Hall–Kier alpha value is -1.72. The Kier molecular flexibility index (Phi) is 3.65. The van der Waals surface area contributed by atoms with Gasteiger partial charge in [-0.2, -0.15) is 13.2 Å². The van der Waals surface area contributed by atoms with Crippen molar-refractivity contribution in [3.05, 3.63) is 34.9 Å². The maximum atomic E-state index is 12.6. The summed E-state index contributed by atoms with van der Waals surface area (Å²) in [4.78, 5) is 10.4. The summed E-state index contributed by atoms with van der Waals surface area (Å²) in [5, 5.41) is 10.7. The lowest BCUT2D eigenvalue weighted by atomic mass is 9.97. The highest BCUT2D eigenvalue weighted by molar-refractivity contribution is 5.65. The van der Waals surface area contributed by atoms with Crippen molar-refractivity contribution < 1.29 is 23.1 Å². The molecule has 1 unspecified atom stereocenters. The van der Waals surface area contributed by atoms with Gasteiger partial charge in [0.25, 0.3) is 0 Å². The number of hydrogen-bond acceptors (Lipinski definition) is 1. The summed E-state index contributed by atoms with van der Waals surface area (Å²) in [5.41, 5.74) is -0.377. The minimum Gasteiger partial charge on any atom is -0.465 e. The molecule has 1 aromatic rings. The molecule has 6 heteroatoms. The molecular formula is C11H12F3NO2. The number of hydrogen-bond donors (Lipinski definition) is 2. The first kappa shape index (κ1) is 13.3. The van der Waals surface area contributed by atoms with Crippen molar-refractivity contribution in [1.29, 1.82) is 0 Å². The topological polar surface area (TPSA) is 49.3 Å². The maximum absolute atomic E-state index is 12.6. The monoisotopic (exact) mass is 247 g/mol. The molecule has 0 aromatic heterocycles. The number of benzene rings is 1. The van der Waals surface area contributed by atoms with Crippen molar-refractivity contribution in [1.82, 2.24) is 5.32 Å². The molecule has 0 saturated carbocycles. The minimum atomic E-state index is -4.43. The van der Waals surface area contributed by atoms with Crippen LogP contribution in [0.2, 0.25) is 0 Å². The molecule has 0 saturated heterocycles. The van der Waals surface area contributed by atoms with E-state index in [1.807, 2.05) is 0 Å². The summed E-state index contributed by atoms with van der Waals surface area (Å²) < 4.78 is 37.9. The molecule has 17 heavy (non-hydrogen) atoms. The van der Waals surface area contributed by atoms with Gasteiger partial charge < -0.3 is 10.4 Å². The van der Waals surface area contributed by atoms with Crippen molar-refractivity contribution in [2.24, 2.45) is 0 Å². The predicted octanol–water partition coefficient (Wildman–Crippen LogP) is 3.34. The average Bonchev–Trinajstić information content (AvgIpc) is 2.14. The molecule has 0 aliphatic heterocycles. The molecular weight excluding hydrogens is 235 g/mol. The van der Waals surface area contributed by atoms with Gasteiger partial charge in [0, 0.05) is 0 Å². The molecule has 2 N–H and O–H groups in total. The fourth-order valence-electron chi connectivity index (χ4n) is 1.69. The summed E-state index contributed by atoms with van der Waals surface area (Å²) in [6.07, 6.45) is -5.70. The standard InChI is InChI=1S/C11H12F3NO2/c1-6-8(7(2)15-10(16)17)4-3-5-9(6)11(12,13)14/h3-5,7,15H,1-2H3,(H,16,17). The molecule has 3 nitrogen and oxygen atoms in total. The van der Waals surface area contributed by atoms with Crippen LogP contribution in [0.25, 0.3) is 0 Å². The number of halogens is 3. The van der Waals surface area contributed by atoms with E-state index in [1.54, 1.807) is 0 Å². The van der Waals surface area contributed by atoms with Gasteiger partial charge in [0.1, 0.15) is 0 Å². The van der Waals surface area contributed by atoms with Gasteiger partial charge in [0.2, 0.25) is 0 Å². The fourth-order valence-corrected chi connectivity index (χ4v) is 1.69. The van der Waals surface area contributed by atoms with Gasteiger partial charge in [0.05, 0.1) is 11.6 Å². The molecule has 94 valence electrons. The Labute approximate surface area is 96.3 Å². The zero-order chi connectivity index (χ0) is 13.2. The molecule has 1 atom stereocenters. The van der Waals surface area contributed by atoms with Crippen LogP contribution in [0.3, 0.4) is 0 Å². The Balaban J connectivity index is 3.15. The number of rotatable bonds is 2. The van der Waals surface area contributed by atoms with Crippen LogP contribution in [0.1, 0.15) is 29.7 Å². The van der Waals surface area contributed by atoms with Crippen molar-refractivity contribution in [2.75, 3.05) is 0 Å². The molecule has 0 spiro atoms. The van der Waals surface area contributed by atoms with Crippen LogP contribution in [-0.2, 0) is 6.18 Å². The third-order valence-corrected chi connectivity index (χ3v) is 2.49. The van der Waals surface area contributed by atoms with E-state index in [0.29, 0.717) is 5.56 Å². The van der Waals surface area contributed by atoms with E-state index >= 15 is 0 Å². The zero-order valence-electron chi connectivity index (χ0n) is 9.30. The first-order valence-electron chi connectivity index (χ1n) is 4.89. The van der Waals surface area contributed by atoms with Crippen LogP contribution in [0.5, 0.6) is 0 Å². The van der Waals surface area contributed by atoms with Crippen LogP contribution in [0, 0.1) is 6.92 Å². The van der Waals surface area contributed by atoms with E-state index in [9.17, 15) is 18.0 Å². The molecule has 1 rings (SSSR count). The summed E-state index contributed by atoms with van der Waals surface area (Å²) in [6, 6.07) is 3.04. The lowest BCUT2D eigenvalue weighted by molar-refractivity contribution is -0.138. The van der Waals surface area contributed by atoms with Crippen molar-refractivity contribution >= 4 is 6.09 Å². The first-order valence-corrected chi connectivity index (χ1v) is 4.89. The molecule has 0 bridgehead atoms. The molecule has 1 amide bonds. The smallest absolute Gasteiger partial charge is 0.416 e. The first-order chi connectivity index (χ1) is 7.73. The number of carboxylic acid groups (broad SMARTS) is 1. The van der Waals surface area contributed by atoms with Crippen molar-refractivity contribution in [2.45, 2.75) is 26.1 Å². The molecule has 0 aliphatic carbocycles. The van der Waals surface area contributed by atoms with Crippen LogP contribution in [0.4, 0.5) is 18.0 Å². The van der Waals surface area contributed by atoms with Gasteiger partial charge in [-0.25, -0.2) is 4.79 Å². The Morgan fingerprint density at radius 1 is 1.41 bits per heavy atom. The van der Waals surface area contributed by atoms with E-state index in [2.05, 4.69) is 5.32 Å². The third kappa shape index (κ3) is 3.12. The van der Waals surface area contributed by atoms with Gasteiger partial charge in [-0.05, 0) is 31.0 Å². The predicted molar refractivity (Wildman–Crippen MR) is 55.8 cm³/mol.